The summed E-state index contributed by atoms with van der Waals surface area (Å²) in [7, 11) is 2.36. The molecule has 155 valence electrons. The maximum Gasteiger partial charge on any atom is 2.00 e. The molecule has 13 heteroatoms. The van der Waals surface area contributed by atoms with Crippen LogP contribution < -0.4 is 11.0 Å². The van der Waals surface area contributed by atoms with E-state index in [0.29, 0.717) is 11.4 Å². The van der Waals surface area contributed by atoms with Crippen LogP contribution in [0.2, 0.25) is 0 Å². The van der Waals surface area contributed by atoms with E-state index in [-0.39, 0.29) is 28.2 Å². The van der Waals surface area contributed by atoms with Gasteiger partial charge in [0, 0.05) is 0 Å². The van der Waals surface area contributed by atoms with Crippen LogP contribution in [0.1, 0.15) is 27.7 Å². The fourth-order valence-corrected chi connectivity index (χ4v) is 0.670. The van der Waals surface area contributed by atoms with E-state index >= 15 is 0 Å². The van der Waals surface area contributed by atoms with E-state index in [1.165, 1.54) is 13.8 Å². The summed E-state index contributed by atoms with van der Waals surface area (Å²) in [5.74, 6) is 0. The molecule has 0 aliphatic carbocycles. The summed E-state index contributed by atoms with van der Waals surface area (Å²) < 4.78 is 0. The largest absolute Gasteiger partial charge is 2.00 e. The Kier molecular flexibility index (Phi) is 27.5. The first-order chi connectivity index (χ1) is 12.2. The van der Waals surface area contributed by atoms with Crippen LogP contribution in [0.4, 0.5) is 0 Å². The van der Waals surface area contributed by atoms with Crippen LogP contribution >= 0.6 is 0 Å². The summed E-state index contributed by atoms with van der Waals surface area (Å²) in [4.78, 5) is 27.2. The van der Waals surface area contributed by atoms with Gasteiger partial charge in [-0.3, -0.25) is 31.5 Å². The Morgan fingerprint density at radius 3 is 1.52 bits per heavy atom. The smallest absolute Gasteiger partial charge is 0.687 e. The van der Waals surface area contributed by atoms with Crippen molar-refractivity contribution >= 4 is 0 Å². The van der Waals surface area contributed by atoms with Crippen molar-refractivity contribution in [2.75, 3.05) is 6.54 Å². The van der Waals surface area contributed by atoms with Gasteiger partial charge in [-0.1, -0.05) is 19.2 Å². The predicted octanol–water partition coefficient (Wildman–Crippen LogP) is 3.46. The van der Waals surface area contributed by atoms with E-state index < -0.39 is 4.92 Å². The average Bonchev–Trinajstić information content (AvgIpc) is 2.67. The van der Waals surface area contributed by atoms with E-state index in [0.717, 1.165) is 6.54 Å². The quantitative estimate of drug-likeness (QED) is 0.226. The number of allylic oxidation sites excluding steroid dienone is 6. The zero-order valence-electron chi connectivity index (χ0n) is 15.4. The van der Waals surface area contributed by atoms with E-state index in [1.54, 1.807) is 31.0 Å². The van der Waals surface area contributed by atoms with Crippen molar-refractivity contribution in [2.45, 2.75) is 27.7 Å². The minimum atomic E-state index is -0.750. The van der Waals surface area contributed by atoms with Crippen molar-refractivity contribution in [2.24, 2.45) is 10.4 Å². The maximum atomic E-state index is 9.65. The van der Waals surface area contributed by atoms with Crippen LogP contribution in [0.3, 0.4) is 0 Å². The first kappa shape index (κ1) is 32.0. The monoisotopic (exact) mass is 431 g/mol. The molecule has 0 aromatic carbocycles. The second kappa shape index (κ2) is 23.3. The predicted molar refractivity (Wildman–Crippen MR) is 97.0 cm³/mol. The molecule has 0 spiro atoms. The van der Waals surface area contributed by atoms with Crippen molar-refractivity contribution in [3.63, 3.8) is 0 Å². The van der Waals surface area contributed by atoms with Gasteiger partial charge in [-0.15, -0.1) is 27.4 Å². The van der Waals surface area contributed by atoms with Crippen LogP contribution in [0.15, 0.2) is 57.6 Å². The molecule has 0 atom stereocenters. The molecule has 1 rings (SSSR count). The number of hydrogen-bond acceptors (Lipinski definition) is 10. The molecule has 0 unspecified atom stereocenters. The van der Waals surface area contributed by atoms with Gasteiger partial charge >= 0.3 is 16.8 Å². The third-order valence-corrected chi connectivity index (χ3v) is 2.34. The van der Waals surface area contributed by atoms with Crippen LogP contribution in [0.5, 0.6) is 0 Å². The van der Waals surface area contributed by atoms with Crippen LogP contribution in [-0.2, 0) is 16.8 Å². The van der Waals surface area contributed by atoms with Gasteiger partial charge in [0.2, 0.25) is 0 Å². The number of nitroso groups, excluding NO2 is 2. The molecule has 0 saturated heterocycles. The van der Waals surface area contributed by atoms with Gasteiger partial charge in [0.25, 0.3) is 0 Å². The van der Waals surface area contributed by atoms with Crippen molar-refractivity contribution in [3.05, 3.63) is 79.5 Å². The summed E-state index contributed by atoms with van der Waals surface area (Å²) >= 11 is 0. The van der Waals surface area contributed by atoms with Gasteiger partial charge in [0.15, 0.2) is 0 Å². The molecule has 4 N–H and O–H groups in total. The van der Waals surface area contributed by atoms with Gasteiger partial charge in [0.05, 0.1) is 11.4 Å². The molecular weight excluding hydrogens is 407 g/mol. The van der Waals surface area contributed by atoms with E-state index in [1.807, 2.05) is 18.2 Å². The fourth-order valence-electron chi connectivity index (χ4n) is 0.670. The van der Waals surface area contributed by atoms with Crippen molar-refractivity contribution in [3.8, 4) is 0 Å². The molecule has 1 aliphatic rings. The van der Waals surface area contributed by atoms with Crippen LogP contribution in [0.25, 0.3) is 5.32 Å². The van der Waals surface area contributed by atoms with Crippen molar-refractivity contribution in [1.82, 2.24) is 11.0 Å². The molecule has 12 nitrogen and oxygen atoms in total. The normalized spacial score (nSPS) is 12.1. The second-order valence-corrected chi connectivity index (χ2v) is 4.29. The van der Waals surface area contributed by atoms with Gasteiger partial charge < -0.3 is 5.32 Å². The molecule has 0 amide bonds. The Labute approximate surface area is 167 Å². The summed E-state index contributed by atoms with van der Waals surface area (Å²) in [5, 5.41) is 34.0. The Hall–Kier alpha value is -2.74. The van der Waals surface area contributed by atoms with E-state index in [2.05, 4.69) is 22.7 Å². The third kappa shape index (κ3) is 28.3. The number of rotatable bonds is 4. The maximum absolute atomic E-state index is 9.65. The fraction of sp³-hybridized carbons (Fsp3) is 0.357. The zero-order chi connectivity index (χ0) is 21.0. The molecule has 0 saturated carbocycles. The Bertz CT molecular complexity index is 502. The Morgan fingerprint density at radius 2 is 1.44 bits per heavy atom. The van der Waals surface area contributed by atoms with Crippen LogP contribution in [0, 0.1) is 27.0 Å². The molecule has 0 aromatic rings. The van der Waals surface area contributed by atoms with Gasteiger partial charge in [-0.05, 0) is 38.0 Å². The number of hydroxylamine groups is 2. The molecule has 0 bridgehead atoms. The minimum absolute atomic E-state index is 0. The first-order valence-corrected chi connectivity index (χ1v) is 6.92. The Morgan fingerprint density at radius 1 is 1.07 bits per heavy atom. The standard InChI is InChI=1S/C5H6N.2C4H8N2O2.CH2NO2.Co/c1-2-4-6-5-3-1;2*1-3(5-7)4(2)6-8;1-2(3)4;/h1-4H,5H2;2*5,7H,1-2H3;1H2;/q-1;;;-1;+2. The van der Waals surface area contributed by atoms with Crippen LogP contribution in [-0.4, -0.2) is 21.9 Å². The summed E-state index contributed by atoms with van der Waals surface area (Å²) in [6.07, 6.45) is 7.73. The number of nitro groups is 1. The molecular formula is C14H24CoN6O6. The molecule has 27 heavy (non-hydrogen) atoms. The number of nitrogens with one attached hydrogen (secondary N) is 2. The molecule has 0 fully saturated rings. The summed E-state index contributed by atoms with van der Waals surface area (Å²) in [5.41, 5.74) is 4.87. The van der Waals surface area contributed by atoms with Crippen molar-refractivity contribution < 1.29 is 32.1 Å². The van der Waals surface area contributed by atoms with Crippen molar-refractivity contribution in [1.29, 1.82) is 0 Å². The number of hydrogen-bond donors (Lipinski definition) is 4. The second-order valence-electron chi connectivity index (χ2n) is 4.29. The third-order valence-electron chi connectivity index (χ3n) is 2.34. The Balaban J connectivity index is -0.000000133. The van der Waals surface area contributed by atoms with Gasteiger partial charge in [0.1, 0.15) is 11.4 Å². The van der Waals surface area contributed by atoms with Gasteiger partial charge in [-0.25, -0.2) is 0 Å². The average molecular weight is 431 g/mol. The summed E-state index contributed by atoms with van der Waals surface area (Å²) in [6.45, 7) is 6.97. The minimum Gasteiger partial charge on any atom is -0.687 e. The zero-order valence-corrected chi connectivity index (χ0v) is 16.4. The molecule has 1 aliphatic heterocycles. The van der Waals surface area contributed by atoms with Gasteiger partial charge in [-0.2, -0.15) is 6.20 Å². The summed E-state index contributed by atoms with van der Waals surface area (Å²) in [6, 6.07) is 0. The SMILES string of the molecule is C1=CC[N-]C=C1.CC(N=O)=C(C)NO.CC(N=O)=C(C)NO.[CH2-][N+](=O)[O-].[Co+2]. The molecule has 1 heterocycles. The van der Waals surface area contributed by atoms with E-state index in [4.69, 9.17) is 20.5 Å². The first-order valence-electron chi connectivity index (χ1n) is 6.92. The number of nitrogens with zero attached hydrogens (tertiary/aromatic N) is 4. The molecule has 1 radical (unpaired) electrons. The molecule has 0 aromatic heterocycles. The van der Waals surface area contributed by atoms with E-state index in [9.17, 15) is 9.81 Å². The topological polar surface area (TPSA) is 181 Å².